The van der Waals surface area contributed by atoms with Gasteiger partial charge in [-0.2, -0.15) is 8.42 Å². The summed E-state index contributed by atoms with van der Waals surface area (Å²) in [5, 5.41) is 0. The lowest BCUT2D eigenvalue weighted by Gasteiger charge is -2.15. The van der Waals surface area contributed by atoms with E-state index in [9.17, 15) is 8.42 Å². The van der Waals surface area contributed by atoms with Crippen molar-refractivity contribution in [1.29, 1.82) is 0 Å². The molecule has 0 saturated carbocycles. The Morgan fingerprint density at radius 3 is 2.15 bits per heavy atom. The van der Waals surface area contributed by atoms with Crippen LogP contribution in [0, 0.1) is 11.8 Å². The average Bonchev–Trinajstić information content (AvgIpc) is 1.95. The minimum absolute atomic E-state index is 0.0990. The highest BCUT2D eigenvalue weighted by atomic mass is 32.2. The van der Waals surface area contributed by atoms with Crippen molar-refractivity contribution in [1.82, 2.24) is 0 Å². The maximum Gasteiger partial charge on any atom is 0.264 e. The lowest BCUT2D eigenvalue weighted by molar-refractivity contribution is 0.383. The van der Waals surface area contributed by atoms with Crippen LogP contribution in [0.15, 0.2) is 0 Å². The molecular weight excluding hydrogens is 188 g/mol. The molecule has 1 unspecified atom stereocenters. The van der Waals surface area contributed by atoms with Crippen LogP contribution in [-0.2, 0) is 10.1 Å². The van der Waals surface area contributed by atoms with Gasteiger partial charge < -0.3 is 0 Å². The van der Waals surface area contributed by atoms with Crippen molar-refractivity contribution in [3.63, 3.8) is 0 Å². The molecule has 0 amide bonds. The zero-order chi connectivity index (χ0) is 10.5. The molecule has 1 N–H and O–H groups in total. The monoisotopic (exact) mass is 208 g/mol. The third-order valence-corrected chi connectivity index (χ3v) is 2.92. The highest BCUT2D eigenvalue weighted by molar-refractivity contribution is 7.85. The minimum atomic E-state index is -3.77. The van der Waals surface area contributed by atoms with Crippen molar-refractivity contribution < 1.29 is 13.0 Å². The molecule has 0 radical (unpaired) electrons. The molecule has 0 aromatic carbocycles. The molecule has 0 aliphatic heterocycles. The Hall–Kier alpha value is -0.0900. The minimum Gasteiger partial charge on any atom is -0.286 e. The highest BCUT2D eigenvalue weighted by Gasteiger charge is 2.12. The predicted molar refractivity (Wildman–Crippen MR) is 54.3 cm³/mol. The number of hydrogen-bond acceptors (Lipinski definition) is 2. The Balaban J connectivity index is 3.86. The van der Waals surface area contributed by atoms with E-state index in [4.69, 9.17) is 4.55 Å². The Morgan fingerprint density at radius 1 is 1.31 bits per heavy atom. The summed E-state index contributed by atoms with van der Waals surface area (Å²) in [4.78, 5) is 0. The van der Waals surface area contributed by atoms with Crippen LogP contribution in [0.5, 0.6) is 0 Å². The molecule has 0 fully saturated rings. The average molecular weight is 208 g/mol. The summed E-state index contributed by atoms with van der Waals surface area (Å²) in [5.41, 5.74) is 0. The van der Waals surface area contributed by atoms with Crippen LogP contribution in [0.2, 0.25) is 0 Å². The first-order valence-corrected chi connectivity index (χ1v) is 6.41. The molecule has 3 nitrogen and oxygen atoms in total. The maximum absolute atomic E-state index is 10.5. The van der Waals surface area contributed by atoms with Crippen LogP contribution in [0.1, 0.15) is 40.0 Å². The lowest BCUT2D eigenvalue weighted by Crippen LogP contribution is -2.11. The summed E-state index contributed by atoms with van der Waals surface area (Å²) in [7, 11) is -3.77. The van der Waals surface area contributed by atoms with Gasteiger partial charge in [0.2, 0.25) is 0 Å². The van der Waals surface area contributed by atoms with Gasteiger partial charge in [-0.25, -0.2) is 0 Å². The Labute approximate surface area is 81.3 Å². The summed E-state index contributed by atoms with van der Waals surface area (Å²) in [6.07, 6.45) is 2.59. The zero-order valence-electron chi connectivity index (χ0n) is 8.66. The van der Waals surface area contributed by atoms with Crippen molar-refractivity contribution >= 4 is 10.1 Å². The van der Waals surface area contributed by atoms with Crippen LogP contribution < -0.4 is 0 Å². The quantitative estimate of drug-likeness (QED) is 0.682. The molecule has 0 aromatic heterocycles. The molecule has 4 heteroatoms. The van der Waals surface area contributed by atoms with Gasteiger partial charge >= 0.3 is 0 Å². The van der Waals surface area contributed by atoms with E-state index in [1.165, 1.54) is 0 Å². The van der Waals surface area contributed by atoms with Gasteiger partial charge in [0, 0.05) is 0 Å². The third-order valence-electron chi connectivity index (χ3n) is 2.17. The second-order valence-corrected chi connectivity index (χ2v) is 5.55. The van der Waals surface area contributed by atoms with Crippen LogP contribution in [0.25, 0.3) is 0 Å². The Kier molecular flexibility index (Phi) is 5.56. The second-order valence-electron chi connectivity index (χ2n) is 3.98. The fraction of sp³-hybridized carbons (Fsp3) is 1.00. The molecule has 0 bridgehead atoms. The molecule has 13 heavy (non-hydrogen) atoms. The smallest absolute Gasteiger partial charge is 0.264 e. The zero-order valence-corrected chi connectivity index (χ0v) is 9.47. The van der Waals surface area contributed by atoms with E-state index in [0.717, 1.165) is 12.8 Å². The van der Waals surface area contributed by atoms with Crippen molar-refractivity contribution in [3.05, 3.63) is 0 Å². The van der Waals surface area contributed by atoms with Crippen molar-refractivity contribution in [3.8, 4) is 0 Å². The fourth-order valence-electron chi connectivity index (χ4n) is 1.47. The SMILES string of the molecule is CCC(CCS(=O)(=O)O)CC(C)C. The Bertz CT molecular complexity index is 219. The predicted octanol–water partition coefficient (Wildman–Crippen LogP) is 2.34. The first-order chi connectivity index (χ1) is 5.85. The summed E-state index contributed by atoms with van der Waals surface area (Å²) in [6.45, 7) is 6.29. The van der Waals surface area contributed by atoms with Gasteiger partial charge in [0.1, 0.15) is 0 Å². The molecule has 0 heterocycles. The summed E-state index contributed by atoms with van der Waals surface area (Å²) in [5.74, 6) is 0.909. The van der Waals surface area contributed by atoms with Gasteiger partial charge in [-0.15, -0.1) is 0 Å². The van der Waals surface area contributed by atoms with E-state index in [-0.39, 0.29) is 5.75 Å². The first kappa shape index (κ1) is 12.9. The van der Waals surface area contributed by atoms with Gasteiger partial charge in [-0.1, -0.05) is 27.2 Å². The summed E-state index contributed by atoms with van der Waals surface area (Å²) >= 11 is 0. The van der Waals surface area contributed by atoms with Crippen LogP contribution in [0.3, 0.4) is 0 Å². The van der Waals surface area contributed by atoms with Gasteiger partial charge in [0.25, 0.3) is 10.1 Å². The van der Waals surface area contributed by atoms with Gasteiger partial charge in [0.05, 0.1) is 5.75 Å². The van der Waals surface area contributed by atoms with E-state index in [2.05, 4.69) is 20.8 Å². The van der Waals surface area contributed by atoms with E-state index < -0.39 is 10.1 Å². The van der Waals surface area contributed by atoms with Gasteiger partial charge in [-0.3, -0.25) is 4.55 Å². The molecule has 1 atom stereocenters. The third kappa shape index (κ3) is 8.25. The van der Waals surface area contributed by atoms with Crippen LogP contribution >= 0.6 is 0 Å². The molecule has 0 rings (SSSR count). The molecule has 0 spiro atoms. The molecular formula is C9H20O3S. The van der Waals surface area contributed by atoms with Crippen molar-refractivity contribution in [2.24, 2.45) is 11.8 Å². The normalized spacial score (nSPS) is 14.8. The molecule has 0 saturated heterocycles. The standard InChI is InChI=1S/C9H20O3S/c1-4-9(7-8(2)3)5-6-13(10,11)12/h8-9H,4-7H2,1-3H3,(H,10,11,12). The van der Waals surface area contributed by atoms with E-state index >= 15 is 0 Å². The molecule has 80 valence electrons. The lowest BCUT2D eigenvalue weighted by atomic mass is 9.93. The molecule has 0 aromatic rings. The summed E-state index contributed by atoms with van der Waals surface area (Å²) in [6, 6.07) is 0. The van der Waals surface area contributed by atoms with E-state index in [1.54, 1.807) is 0 Å². The summed E-state index contributed by atoms with van der Waals surface area (Å²) < 4.78 is 29.6. The molecule has 0 aliphatic carbocycles. The second kappa shape index (κ2) is 5.60. The van der Waals surface area contributed by atoms with Crippen LogP contribution in [-0.4, -0.2) is 18.7 Å². The topological polar surface area (TPSA) is 54.4 Å². The van der Waals surface area contributed by atoms with Gasteiger partial charge in [0.15, 0.2) is 0 Å². The van der Waals surface area contributed by atoms with Crippen molar-refractivity contribution in [2.45, 2.75) is 40.0 Å². The van der Waals surface area contributed by atoms with Crippen LogP contribution in [0.4, 0.5) is 0 Å². The maximum atomic E-state index is 10.5. The number of rotatable bonds is 6. The first-order valence-electron chi connectivity index (χ1n) is 4.80. The van der Waals surface area contributed by atoms with E-state index in [0.29, 0.717) is 18.3 Å². The fourth-order valence-corrected chi connectivity index (χ4v) is 2.10. The molecule has 0 aliphatic rings. The highest BCUT2D eigenvalue weighted by Crippen LogP contribution is 2.19. The largest absolute Gasteiger partial charge is 0.286 e. The van der Waals surface area contributed by atoms with Gasteiger partial charge in [-0.05, 0) is 24.7 Å². The number of hydrogen-bond donors (Lipinski definition) is 1. The van der Waals surface area contributed by atoms with Crippen molar-refractivity contribution in [2.75, 3.05) is 5.75 Å². The van der Waals surface area contributed by atoms with E-state index in [1.807, 2.05) is 0 Å². The Morgan fingerprint density at radius 2 is 1.85 bits per heavy atom.